The van der Waals surface area contributed by atoms with Gasteiger partial charge >= 0.3 is 0 Å². The summed E-state index contributed by atoms with van der Waals surface area (Å²) in [6, 6.07) is 6.65. The number of anilines is 1. The van der Waals surface area contributed by atoms with Crippen LogP contribution in [0.3, 0.4) is 0 Å². The average molecular weight is 354 g/mol. The van der Waals surface area contributed by atoms with E-state index >= 15 is 0 Å². The molecule has 3 N–H and O–H groups in total. The fraction of sp³-hybridized carbons (Fsp3) is 0.526. The molecule has 0 aliphatic carbocycles. The number of pyridine rings is 1. The molecule has 2 aliphatic heterocycles. The molecule has 1 atom stereocenters. The van der Waals surface area contributed by atoms with Crippen LogP contribution in [0.15, 0.2) is 30.6 Å². The SMILES string of the molecule is NC(=O)c1cnn2c1CC[C@H](CNC1CCN(c3ccccn3)CC1)C2. The summed E-state index contributed by atoms with van der Waals surface area (Å²) >= 11 is 0. The predicted octanol–water partition coefficient (Wildman–Crippen LogP) is 1.20. The monoisotopic (exact) mass is 354 g/mol. The van der Waals surface area contributed by atoms with E-state index in [0.29, 0.717) is 17.5 Å². The lowest BCUT2D eigenvalue weighted by Crippen LogP contribution is -2.45. The molecule has 0 bridgehead atoms. The van der Waals surface area contributed by atoms with Gasteiger partial charge in [0.15, 0.2) is 0 Å². The van der Waals surface area contributed by atoms with Gasteiger partial charge in [-0.2, -0.15) is 5.10 Å². The Morgan fingerprint density at radius 3 is 2.85 bits per heavy atom. The van der Waals surface area contributed by atoms with E-state index in [1.807, 2.05) is 23.0 Å². The third-order valence-corrected chi connectivity index (χ3v) is 5.60. The minimum absolute atomic E-state index is 0.373. The lowest BCUT2D eigenvalue weighted by atomic mass is 9.95. The molecule has 1 fully saturated rings. The highest BCUT2D eigenvalue weighted by Gasteiger charge is 2.25. The number of fused-ring (bicyclic) bond motifs is 1. The van der Waals surface area contributed by atoms with Crippen LogP contribution >= 0.6 is 0 Å². The highest BCUT2D eigenvalue weighted by atomic mass is 16.1. The first-order chi connectivity index (χ1) is 12.7. The third-order valence-electron chi connectivity index (χ3n) is 5.60. The van der Waals surface area contributed by atoms with Crippen LogP contribution in [0.1, 0.15) is 35.3 Å². The number of carbonyl (C=O) groups excluding carboxylic acids is 1. The summed E-state index contributed by atoms with van der Waals surface area (Å²) in [4.78, 5) is 18.2. The standard InChI is InChI=1S/C19H26N6O/c20-19(26)16-12-23-25-13-14(4-5-17(16)25)11-22-15-6-9-24(10-7-15)18-3-1-2-8-21-18/h1-3,8,12,14-15,22H,4-7,9-11,13H2,(H2,20,26)/t14-/m1/s1. The minimum Gasteiger partial charge on any atom is -0.365 e. The van der Waals surface area contributed by atoms with Crippen molar-refractivity contribution in [2.24, 2.45) is 11.7 Å². The minimum atomic E-state index is -0.373. The largest absolute Gasteiger partial charge is 0.365 e. The second kappa shape index (κ2) is 7.45. The van der Waals surface area contributed by atoms with Gasteiger partial charge in [-0.3, -0.25) is 9.48 Å². The number of primary amides is 1. The number of hydrogen-bond donors (Lipinski definition) is 2. The van der Waals surface area contributed by atoms with Gasteiger partial charge in [0.2, 0.25) is 0 Å². The molecule has 1 amide bonds. The van der Waals surface area contributed by atoms with Crippen molar-refractivity contribution in [2.75, 3.05) is 24.5 Å². The Morgan fingerprint density at radius 1 is 1.27 bits per heavy atom. The highest BCUT2D eigenvalue weighted by molar-refractivity contribution is 5.93. The van der Waals surface area contributed by atoms with E-state index in [2.05, 4.69) is 26.4 Å². The molecule has 0 unspecified atom stereocenters. The second-order valence-corrected chi connectivity index (χ2v) is 7.31. The molecule has 4 heterocycles. The molecule has 0 radical (unpaired) electrons. The van der Waals surface area contributed by atoms with E-state index in [9.17, 15) is 4.79 Å². The fourth-order valence-electron chi connectivity index (χ4n) is 4.07. The van der Waals surface area contributed by atoms with Crippen molar-refractivity contribution in [3.8, 4) is 0 Å². The topological polar surface area (TPSA) is 89.1 Å². The van der Waals surface area contributed by atoms with Crippen LogP contribution in [0.25, 0.3) is 0 Å². The van der Waals surface area contributed by atoms with Gasteiger partial charge < -0.3 is 16.0 Å². The molecule has 7 heteroatoms. The molecule has 2 aromatic heterocycles. The van der Waals surface area contributed by atoms with Crippen LogP contribution in [0.4, 0.5) is 5.82 Å². The quantitative estimate of drug-likeness (QED) is 0.842. The van der Waals surface area contributed by atoms with Gasteiger partial charge in [0.25, 0.3) is 5.91 Å². The average Bonchev–Trinajstić information content (AvgIpc) is 3.11. The number of hydrogen-bond acceptors (Lipinski definition) is 5. The van der Waals surface area contributed by atoms with Crippen molar-refractivity contribution in [3.05, 3.63) is 41.9 Å². The molecule has 0 spiro atoms. The number of nitrogens with zero attached hydrogens (tertiary/aromatic N) is 4. The molecule has 0 saturated carbocycles. The first kappa shape index (κ1) is 17.0. The number of aromatic nitrogens is 3. The van der Waals surface area contributed by atoms with Gasteiger partial charge in [0.1, 0.15) is 5.82 Å². The summed E-state index contributed by atoms with van der Waals surface area (Å²) in [5.41, 5.74) is 6.99. The van der Waals surface area contributed by atoms with Gasteiger partial charge in [-0.25, -0.2) is 4.98 Å². The van der Waals surface area contributed by atoms with Crippen molar-refractivity contribution >= 4 is 11.7 Å². The molecule has 1 saturated heterocycles. The van der Waals surface area contributed by atoms with Crippen molar-refractivity contribution in [3.63, 3.8) is 0 Å². The molecule has 138 valence electrons. The predicted molar refractivity (Wildman–Crippen MR) is 100 cm³/mol. The Morgan fingerprint density at radius 2 is 2.12 bits per heavy atom. The van der Waals surface area contributed by atoms with Gasteiger partial charge in [-0.15, -0.1) is 0 Å². The molecule has 0 aromatic carbocycles. The third kappa shape index (κ3) is 3.58. The lowest BCUT2D eigenvalue weighted by Gasteiger charge is -2.34. The Labute approximate surface area is 153 Å². The second-order valence-electron chi connectivity index (χ2n) is 7.31. The zero-order valence-corrected chi connectivity index (χ0v) is 15.0. The first-order valence-electron chi connectivity index (χ1n) is 9.44. The number of rotatable bonds is 5. The van der Waals surface area contributed by atoms with E-state index in [4.69, 9.17) is 5.73 Å². The van der Waals surface area contributed by atoms with Crippen LogP contribution in [0.2, 0.25) is 0 Å². The van der Waals surface area contributed by atoms with Crippen molar-refractivity contribution in [1.29, 1.82) is 0 Å². The lowest BCUT2D eigenvalue weighted by molar-refractivity contribution is 0.0998. The summed E-state index contributed by atoms with van der Waals surface area (Å²) in [5.74, 6) is 1.26. The maximum absolute atomic E-state index is 11.4. The molecule has 26 heavy (non-hydrogen) atoms. The molecule has 7 nitrogen and oxygen atoms in total. The summed E-state index contributed by atoms with van der Waals surface area (Å²) in [7, 11) is 0. The van der Waals surface area contributed by atoms with Gasteiger partial charge in [0, 0.05) is 31.9 Å². The number of carbonyl (C=O) groups is 1. The Kier molecular flexibility index (Phi) is 4.88. The summed E-state index contributed by atoms with van der Waals surface area (Å²) in [6.45, 7) is 3.96. The van der Waals surface area contributed by atoms with Crippen LogP contribution in [0.5, 0.6) is 0 Å². The highest BCUT2D eigenvalue weighted by Crippen LogP contribution is 2.23. The van der Waals surface area contributed by atoms with Crippen LogP contribution in [-0.2, 0) is 13.0 Å². The van der Waals surface area contributed by atoms with Gasteiger partial charge in [-0.05, 0) is 50.3 Å². The number of nitrogens with one attached hydrogen (secondary N) is 1. The van der Waals surface area contributed by atoms with E-state index in [-0.39, 0.29) is 5.91 Å². The summed E-state index contributed by atoms with van der Waals surface area (Å²) < 4.78 is 1.96. The van der Waals surface area contributed by atoms with E-state index < -0.39 is 0 Å². The summed E-state index contributed by atoms with van der Waals surface area (Å²) in [6.07, 6.45) is 7.70. The Bertz CT molecular complexity index is 751. The fourth-order valence-corrected chi connectivity index (χ4v) is 4.07. The first-order valence-corrected chi connectivity index (χ1v) is 9.44. The van der Waals surface area contributed by atoms with Crippen LogP contribution in [-0.4, -0.2) is 46.3 Å². The maximum atomic E-state index is 11.4. The zero-order chi connectivity index (χ0) is 17.9. The van der Waals surface area contributed by atoms with Gasteiger partial charge in [-0.1, -0.05) is 6.07 Å². The molecular formula is C19H26N6O. The number of amides is 1. The normalized spacial score (nSPS) is 20.8. The molecule has 2 aromatic rings. The van der Waals surface area contributed by atoms with E-state index in [1.54, 1.807) is 6.20 Å². The van der Waals surface area contributed by atoms with Crippen molar-refractivity contribution in [2.45, 2.75) is 38.3 Å². The van der Waals surface area contributed by atoms with Crippen molar-refractivity contribution < 1.29 is 4.79 Å². The van der Waals surface area contributed by atoms with Gasteiger partial charge in [0.05, 0.1) is 17.5 Å². The Balaban J connectivity index is 1.25. The number of piperidine rings is 1. The molecule has 2 aliphatic rings. The van der Waals surface area contributed by atoms with Crippen LogP contribution < -0.4 is 16.0 Å². The van der Waals surface area contributed by atoms with Crippen LogP contribution in [0, 0.1) is 5.92 Å². The Hall–Kier alpha value is -2.41. The van der Waals surface area contributed by atoms with E-state index in [0.717, 1.165) is 63.4 Å². The zero-order valence-electron chi connectivity index (χ0n) is 15.0. The maximum Gasteiger partial charge on any atom is 0.252 e. The summed E-state index contributed by atoms with van der Waals surface area (Å²) in [5, 5.41) is 8.08. The van der Waals surface area contributed by atoms with E-state index in [1.165, 1.54) is 0 Å². The smallest absolute Gasteiger partial charge is 0.252 e. The number of nitrogens with two attached hydrogens (primary N) is 1. The molecule has 4 rings (SSSR count). The van der Waals surface area contributed by atoms with Crippen molar-refractivity contribution in [1.82, 2.24) is 20.1 Å². The molecular weight excluding hydrogens is 328 g/mol.